The second-order valence-electron chi connectivity index (χ2n) is 1.77. The highest BCUT2D eigenvalue weighted by Gasteiger charge is 2.10. The Labute approximate surface area is 55.1 Å². The summed E-state index contributed by atoms with van der Waals surface area (Å²) in [7, 11) is 1.35. The molecule has 0 aromatic rings. The summed E-state index contributed by atoms with van der Waals surface area (Å²) in [5, 5.41) is 0. The van der Waals surface area contributed by atoms with Crippen molar-refractivity contribution in [3.05, 3.63) is 0 Å². The number of carbonyl (C=O) groups excluding carboxylic acids is 1. The molecule has 0 radical (unpaired) electrons. The number of nitrogens with zero attached hydrogens (tertiary/aromatic N) is 1. The molecule has 1 aliphatic rings. The van der Waals surface area contributed by atoms with Gasteiger partial charge in [0.25, 0.3) is 0 Å². The maximum absolute atomic E-state index is 10.9. The van der Waals surface area contributed by atoms with Gasteiger partial charge in [-0.15, -0.1) is 0 Å². The van der Waals surface area contributed by atoms with Gasteiger partial charge in [0.15, 0.2) is 0 Å². The quantitative estimate of drug-likeness (QED) is 0.454. The molecule has 0 bridgehead atoms. The average molecular weight is 117 g/mol. The molecular weight excluding hydrogens is 102 g/mol. The van der Waals surface area contributed by atoms with Gasteiger partial charge < -0.3 is 4.90 Å². The summed E-state index contributed by atoms with van der Waals surface area (Å²) in [6, 6.07) is 0. The lowest BCUT2D eigenvalue weighted by molar-refractivity contribution is -0.121. The maximum Gasteiger partial charge on any atom is 0.135 e. The highest BCUT2D eigenvalue weighted by atomic mass is 16.1. The largest absolute Gasteiger partial charge is 0.305 e. The average Bonchev–Trinajstić information content (AvgIpc) is 1.80. The van der Waals surface area contributed by atoms with Crippen molar-refractivity contribution in [3.63, 3.8) is 0 Å². The van der Waals surface area contributed by atoms with Crippen molar-refractivity contribution in [1.29, 1.82) is 0 Å². The predicted octanol–water partition coefficient (Wildman–Crippen LogP) is 0.281. The number of likely N-dealkylation sites (tertiary alicyclic amines) is 1. The number of Topliss-reactive ketones (excluding diaryl/α,β-unsaturated/α-hetero) is 1. The van der Waals surface area contributed by atoms with Crippen molar-refractivity contribution in [2.24, 2.45) is 0 Å². The van der Waals surface area contributed by atoms with Gasteiger partial charge in [0.05, 0.1) is 0 Å². The molecule has 1 rings (SSSR count). The molecule has 1 fully saturated rings. The Kier molecular flexibility index (Phi) is 0.702. The van der Waals surface area contributed by atoms with Crippen LogP contribution in [0.25, 0.3) is 0 Å². The van der Waals surface area contributed by atoms with Crippen molar-refractivity contribution in [3.8, 4) is 0 Å². The third-order valence-electron chi connectivity index (χ3n) is 1.03. The van der Waals surface area contributed by atoms with Crippen molar-refractivity contribution in [1.82, 2.24) is 4.90 Å². The second kappa shape index (κ2) is 2.27. The van der Waals surface area contributed by atoms with E-state index in [1.807, 2.05) is 0 Å². The van der Waals surface area contributed by atoms with Crippen molar-refractivity contribution in [2.45, 2.75) is 12.8 Å². The molecular formula is C6H11NO. The molecule has 0 aromatic heterocycles. The number of carbonyl (C=O) groups is 1. The molecule has 0 aliphatic carbocycles. The highest BCUT2D eigenvalue weighted by Crippen LogP contribution is 2.01. The number of piperidine rings is 1. The first-order valence-electron chi connectivity index (χ1n) is 4.51. The third-order valence-corrected chi connectivity index (χ3v) is 1.03. The van der Waals surface area contributed by atoms with Gasteiger partial charge in [0.2, 0.25) is 0 Å². The molecule has 0 atom stereocenters. The van der Waals surface area contributed by atoms with E-state index in [1.165, 1.54) is 7.05 Å². The van der Waals surface area contributed by atoms with Crippen molar-refractivity contribution < 1.29 is 10.3 Å². The number of rotatable bonds is 0. The van der Waals surface area contributed by atoms with Gasteiger partial charge in [0, 0.05) is 31.3 Å². The van der Waals surface area contributed by atoms with Gasteiger partial charge in [-0.3, -0.25) is 4.79 Å². The molecule has 0 saturated carbocycles. The van der Waals surface area contributed by atoms with Crippen molar-refractivity contribution >= 4 is 5.78 Å². The normalized spacial score (nSPS) is 43.9. The molecule has 8 heavy (non-hydrogen) atoms. The van der Waals surface area contributed by atoms with E-state index in [4.69, 9.17) is 5.48 Å². The molecule has 0 amide bonds. The third kappa shape index (κ3) is 1.30. The molecule has 2 heteroatoms. The molecule has 0 aromatic carbocycles. The van der Waals surface area contributed by atoms with Crippen LogP contribution < -0.4 is 0 Å². The molecule has 0 unspecified atom stereocenters. The first-order chi connectivity index (χ1) is 5.26. The highest BCUT2D eigenvalue weighted by molar-refractivity contribution is 5.79. The Morgan fingerprint density at radius 3 is 2.62 bits per heavy atom. The van der Waals surface area contributed by atoms with E-state index in [2.05, 4.69) is 0 Å². The van der Waals surface area contributed by atoms with E-state index in [0.29, 0.717) is 0 Å². The van der Waals surface area contributed by atoms with E-state index in [-0.39, 0.29) is 18.6 Å². The Bertz CT molecular complexity index is 196. The lowest BCUT2D eigenvalue weighted by Crippen LogP contribution is -2.29. The summed E-state index contributed by atoms with van der Waals surface area (Å²) < 4.78 is 29.4. The Morgan fingerprint density at radius 1 is 1.62 bits per heavy atom. The fraction of sp³-hybridized carbons (Fsp3) is 0.833. The summed E-state index contributed by atoms with van der Waals surface area (Å²) in [6.45, 7) is -3.70. The van der Waals surface area contributed by atoms with Crippen LogP contribution in [0.4, 0.5) is 0 Å². The summed E-state index contributed by atoms with van der Waals surface area (Å²) in [5.74, 6) is -0.358. The van der Waals surface area contributed by atoms with Crippen LogP contribution in [0, 0.1) is 0 Å². The molecule has 0 spiro atoms. The van der Waals surface area contributed by atoms with E-state index in [1.54, 1.807) is 0 Å². The second-order valence-corrected chi connectivity index (χ2v) is 1.77. The summed E-state index contributed by atoms with van der Waals surface area (Å²) in [4.78, 5) is 11.9. The Hall–Kier alpha value is -0.370. The van der Waals surface area contributed by atoms with Gasteiger partial charge in [-0.05, 0) is 7.05 Å². The van der Waals surface area contributed by atoms with Gasteiger partial charge >= 0.3 is 0 Å². The van der Waals surface area contributed by atoms with Gasteiger partial charge in [0.1, 0.15) is 5.78 Å². The molecule has 0 N–H and O–H groups in total. The zero-order valence-electron chi connectivity index (χ0n) is 8.77. The standard InChI is InChI=1S/C6H11NO/c1-7-4-2-6(8)3-5-7/h2-5H2,1H3/i4D2,5D2. The van der Waals surface area contributed by atoms with Crippen molar-refractivity contribution in [2.75, 3.05) is 20.0 Å². The Morgan fingerprint density at radius 2 is 2.12 bits per heavy atom. The monoisotopic (exact) mass is 117 g/mol. The summed E-state index contributed by atoms with van der Waals surface area (Å²) >= 11 is 0. The van der Waals surface area contributed by atoms with Crippen LogP contribution in [0.3, 0.4) is 0 Å². The minimum Gasteiger partial charge on any atom is -0.305 e. The molecule has 1 aliphatic heterocycles. The van der Waals surface area contributed by atoms with E-state index in [9.17, 15) is 4.79 Å². The van der Waals surface area contributed by atoms with Crippen LogP contribution >= 0.6 is 0 Å². The van der Waals surface area contributed by atoms with Crippen LogP contribution in [0.2, 0.25) is 0 Å². The fourth-order valence-electron chi connectivity index (χ4n) is 0.532. The zero-order chi connectivity index (χ0) is 9.57. The number of hydrogen-bond acceptors (Lipinski definition) is 2. The van der Waals surface area contributed by atoms with Crippen LogP contribution in [0.15, 0.2) is 0 Å². The van der Waals surface area contributed by atoms with Crippen LogP contribution in [-0.2, 0) is 4.79 Å². The van der Waals surface area contributed by atoms with E-state index >= 15 is 0 Å². The van der Waals surface area contributed by atoms with Crippen LogP contribution in [0.1, 0.15) is 18.3 Å². The van der Waals surface area contributed by atoms with Gasteiger partial charge in [-0.2, -0.15) is 0 Å². The van der Waals surface area contributed by atoms with Crippen LogP contribution in [-0.4, -0.2) is 30.7 Å². The van der Waals surface area contributed by atoms with Gasteiger partial charge in [-0.1, -0.05) is 0 Å². The van der Waals surface area contributed by atoms with E-state index < -0.39 is 13.0 Å². The van der Waals surface area contributed by atoms with Crippen LogP contribution in [0.5, 0.6) is 0 Å². The first kappa shape index (κ1) is 2.48. The predicted molar refractivity (Wildman–Crippen MR) is 31.7 cm³/mol. The zero-order valence-corrected chi connectivity index (χ0v) is 4.77. The molecule has 1 heterocycles. The van der Waals surface area contributed by atoms with E-state index in [0.717, 1.165) is 4.90 Å². The van der Waals surface area contributed by atoms with Gasteiger partial charge in [-0.25, -0.2) is 0 Å². The topological polar surface area (TPSA) is 20.3 Å². The minimum absolute atomic E-state index is 0.219. The smallest absolute Gasteiger partial charge is 0.135 e. The fourth-order valence-corrected chi connectivity index (χ4v) is 0.532. The molecule has 46 valence electrons. The number of hydrogen-bond donors (Lipinski definition) is 0. The Balaban J connectivity index is 2.91. The molecule has 1 saturated heterocycles. The SMILES string of the molecule is [2H]C1([2H])CC(=O)CC([2H])([2H])N1C. The molecule has 2 nitrogen and oxygen atoms in total. The minimum atomic E-state index is -1.85. The maximum atomic E-state index is 10.9. The summed E-state index contributed by atoms with van der Waals surface area (Å²) in [6.07, 6.45) is -0.438. The number of ketones is 1. The first-order valence-corrected chi connectivity index (χ1v) is 2.51. The lowest BCUT2D eigenvalue weighted by Gasteiger charge is -2.19. The lowest BCUT2D eigenvalue weighted by atomic mass is 10.1. The summed E-state index contributed by atoms with van der Waals surface area (Å²) in [5.41, 5.74) is 0.